The Kier molecular flexibility index (Phi) is 5.24. The zero-order valence-electron chi connectivity index (χ0n) is 9.63. The summed E-state index contributed by atoms with van der Waals surface area (Å²) in [5.41, 5.74) is 1.31. The lowest BCUT2D eigenvalue weighted by molar-refractivity contribution is 0.174. The van der Waals surface area contributed by atoms with E-state index in [1.54, 1.807) is 0 Å². The maximum atomic E-state index is 10.0. The van der Waals surface area contributed by atoms with Crippen molar-refractivity contribution in [3.63, 3.8) is 0 Å². The molecule has 82 valence electrons. The molecular formula is C13H24O. The van der Waals surface area contributed by atoms with Crippen molar-refractivity contribution in [2.75, 3.05) is 0 Å². The molecule has 14 heavy (non-hydrogen) atoms. The van der Waals surface area contributed by atoms with Crippen LogP contribution >= 0.6 is 0 Å². The molecule has 1 nitrogen and oxygen atoms in total. The lowest BCUT2D eigenvalue weighted by atomic mass is 9.94. The number of aliphatic hydroxyl groups excluding tert-OH is 1. The molecule has 1 rings (SSSR count). The first-order valence-electron chi connectivity index (χ1n) is 6.11. The highest BCUT2D eigenvalue weighted by Gasteiger charge is 2.14. The van der Waals surface area contributed by atoms with Crippen molar-refractivity contribution in [1.82, 2.24) is 0 Å². The molecule has 0 radical (unpaired) electrons. The minimum atomic E-state index is -0.164. The third-order valence-corrected chi connectivity index (χ3v) is 3.33. The van der Waals surface area contributed by atoms with Crippen LogP contribution < -0.4 is 0 Å². The van der Waals surface area contributed by atoms with E-state index in [1.807, 2.05) is 0 Å². The SMILES string of the molecule is CCC(C)CC(O)C1=CCCCCC1. The van der Waals surface area contributed by atoms with Gasteiger partial charge in [-0.25, -0.2) is 0 Å². The van der Waals surface area contributed by atoms with Gasteiger partial charge in [0.05, 0.1) is 6.10 Å². The van der Waals surface area contributed by atoms with E-state index in [4.69, 9.17) is 0 Å². The van der Waals surface area contributed by atoms with Crippen LogP contribution in [0.3, 0.4) is 0 Å². The van der Waals surface area contributed by atoms with Gasteiger partial charge in [-0.2, -0.15) is 0 Å². The fraction of sp³-hybridized carbons (Fsp3) is 0.846. The third-order valence-electron chi connectivity index (χ3n) is 3.33. The van der Waals surface area contributed by atoms with Crippen LogP contribution in [-0.2, 0) is 0 Å². The highest BCUT2D eigenvalue weighted by atomic mass is 16.3. The highest BCUT2D eigenvalue weighted by Crippen LogP contribution is 2.23. The predicted molar refractivity (Wildman–Crippen MR) is 61.2 cm³/mol. The number of hydrogen-bond donors (Lipinski definition) is 1. The van der Waals surface area contributed by atoms with E-state index in [-0.39, 0.29) is 6.10 Å². The van der Waals surface area contributed by atoms with Gasteiger partial charge in [-0.1, -0.05) is 32.8 Å². The van der Waals surface area contributed by atoms with Gasteiger partial charge in [0.1, 0.15) is 0 Å². The fourth-order valence-electron chi connectivity index (χ4n) is 2.04. The molecule has 0 aromatic carbocycles. The molecule has 0 saturated heterocycles. The van der Waals surface area contributed by atoms with Gasteiger partial charge in [0, 0.05) is 0 Å². The molecule has 1 aliphatic rings. The molecule has 0 fully saturated rings. The Morgan fingerprint density at radius 2 is 2.14 bits per heavy atom. The molecule has 0 aromatic heterocycles. The van der Waals surface area contributed by atoms with E-state index in [0.29, 0.717) is 5.92 Å². The van der Waals surface area contributed by atoms with E-state index in [9.17, 15) is 5.11 Å². The fourth-order valence-corrected chi connectivity index (χ4v) is 2.04. The number of hydrogen-bond acceptors (Lipinski definition) is 1. The van der Waals surface area contributed by atoms with Crippen molar-refractivity contribution < 1.29 is 5.11 Å². The maximum absolute atomic E-state index is 10.0. The first-order chi connectivity index (χ1) is 6.74. The second-order valence-electron chi connectivity index (χ2n) is 4.64. The van der Waals surface area contributed by atoms with E-state index < -0.39 is 0 Å². The zero-order chi connectivity index (χ0) is 10.4. The van der Waals surface area contributed by atoms with Gasteiger partial charge < -0.3 is 5.11 Å². The zero-order valence-corrected chi connectivity index (χ0v) is 9.63. The summed E-state index contributed by atoms with van der Waals surface area (Å²) >= 11 is 0. The number of aliphatic hydroxyl groups is 1. The molecule has 0 bridgehead atoms. The molecular weight excluding hydrogens is 172 g/mol. The topological polar surface area (TPSA) is 20.2 Å². The highest BCUT2D eigenvalue weighted by molar-refractivity contribution is 5.09. The molecule has 0 spiro atoms. The van der Waals surface area contributed by atoms with Gasteiger partial charge >= 0.3 is 0 Å². The lowest BCUT2D eigenvalue weighted by Gasteiger charge is -2.17. The summed E-state index contributed by atoms with van der Waals surface area (Å²) in [5.74, 6) is 0.647. The van der Waals surface area contributed by atoms with Gasteiger partial charge in [-0.3, -0.25) is 0 Å². The Labute approximate surface area is 88.2 Å². The normalized spacial score (nSPS) is 22.4. The van der Waals surface area contributed by atoms with Crippen LogP contribution in [0.4, 0.5) is 0 Å². The quantitative estimate of drug-likeness (QED) is 0.680. The van der Waals surface area contributed by atoms with Crippen LogP contribution in [-0.4, -0.2) is 11.2 Å². The minimum absolute atomic E-state index is 0.164. The Morgan fingerprint density at radius 1 is 1.36 bits per heavy atom. The third kappa shape index (κ3) is 3.83. The van der Waals surface area contributed by atoms with Crippen LogP contribution in [0.5, 0.6) is 0 Å². The van der Waals surface area contributed by atoms with Crippen LogP contribution in [0, 0.1) is 5.92 Å². The van der Waals surface area contributed by atoms with Gasteiger partial charge in [0.2, 0.25) is 0 Å². The molecule has 1 heteroatoms. The summed E-state index contributed by atoms with van der Waals surface area (Å²) in [6, 6.07) is 0. The summed E-state index contributed by atoms with van der Waals surface area (Å²) in [5, 5.41) is 10.0. The van der Waals surface area contributed by atoms with E-state index in [2.05, 4.69) is 19.9 Å². The molecule has 1 N–H and O–H groups in total. The Morgan fingerprint density at radius 3 is 2.86 bits per heavy atom. The van der Waals surface area contributed by atoms with Crippen molar-refractivity contribution in [1.29, 1.82) is 0 Å². The first-order valence-corrected chi connectivity index (χ1v) is 6.11. The second-order valence-corrected chi connectivity index (χ2v) is 4.64. The number of rotatable bonds is 4. The van der Waals surface area contributed by atoms with Crippen LogP contribution in [0.2, 0.25) is 0 Å². The van der Waals surface area contributed by atoms with Crippen molar-refractivity contribution in [3.8, 4) is 0 Å². The van der Waals surface area contributed by atoms with Crippen molar-refractivity contribution in [3.05, 3.63) is 11.6 Å². The second kappa shape index (κ2) is 6.23. The molecule has 2 unspecified atom stereocenters. The maximum Gasteiger partial charge on any atom is 0.0752 e. The molecule has 0 heterocycles. The average Bonchev–Trinajstić information content (AvgIpc) is 2.45. The summed E-state index contributed by atoms with van der Waals surface area (Å²) in [7, 11) is 0. The first kappa shape index (κ1) is 11.8. The van der Waals surface area contributed by atoms with Crippen molar-refractivity contribution >= 4 is 0 Å². The van der Waals surface area contributed by atoms with Crippen LogP contribution in [0.15, 0.2) is 11.6 Å². The van der Waals surface area contributed by atoms with Gasteiger partial charge in [0.25, 0.3) is 0 Å². The van der Waals surface area contributed by atoms with Gasteiger partial charge in [0.15, 0.2) is 0 Å². The van der Waals surface area contributed by atoms with Gasteiger partial charge in [-0.05, 0) is 43.6 Å². The summed E-state index contributed by atoms with van der Waals surface area (Å²) < 4.78 is 0. The molecule has 0 aliphatic heterocycles. The molecule has 2 atom stereocenters. The van der Waals surface area contributed by atoms with Crippen LogP contribution in [0.25, 0.3) is 0 Å². The largest absolute Gasteiger partial charge is 0.389 e. The standard InChI is InChI=1S/C13H24O/c1-3-11(2)10-13(14)12-8-6-4-5-7-9-12/h8,11,13-14H,3-7,9-10H2,1-2H3. The van der Waals surface area contributed by atoms with Crippen molar-refractivity contribution in [2.24, 2.45) is 5.92 Å². The smallest absolute Gasteiger partial charge is 0.0752 e. The van der Waals surface area contributed by atoms with Crippen LogP contribution in [0.1, 0.15) is 58.8 Å². The minimum Gasteiger partial charge on any atom is -0.389 e. The van der Waals surface area contributed by atoms with E-state index in [1.165, 1.54) is 37.7 Å². The lowest BCUT2D eigenvalue weighted by Crippen LogP contribution is -2.14. The molecule has 0 amide bonds. The number of allylic oxidation sites excluding steroid dienone is 1. The summed E-state index contributed by atoms with van der Waals surface area (Å²) in [6.07, 6.45) is 10.4. The van der Waals surface area contributed by atoms with E-state index in [0.717, 1.165) is 12.8 Å². The Bertz CT molecular complexity index is 184. The molecule has 0 aromatic rings. The predicted octanol–water partition coefficient (Wildman–Crippen LogP) is 3.67. The monoisotopic (exact) mass is 196 g/mol. The van der Waals surface area contributed by atoms with E-state index >= 15 is 0 Å². The summed E-state index contributed by atoms with van der Waals surface area (Å²) in [6.45, 7) is 4.42. The molecule has 1 aliphatic carbocycles. The van der Waals surface area contributed by atoms with Crippen molar-refractivity contribution in [2.45, 2.75) is 64.9 Å². The Hall–Kier alpha value is -0.300. The summed E-state index contributed by atoms with van der Waals surface area (Å²) in [4.78, 5) is 0. The Balaban J connectivity index is 2.41. The average molecular weight is 196 g/mol. The van der Waals surface area contributed by atoms with Gasteiger partial charge in [-0.15, -0.1) is 0 Å². The molecule has 0 saturated carbocycles.